The standard InChI is InChI=1S/C18H13B/c19-18-12-11-16(14-7-3-1-4-8-14)13-17(18)15-9-5-2-6-10-15/h1-13H. The van der Waals surface area contributed by atoms with E-state index >= 15 is 0 Å². The molecule has 0 amide bonds. The molecule has 3 aromatic carbocycles. The van der Waals surface area contributed by atoms with Gasteiger partial charge in [-0.2, -0.15) is 0 Å². The average Bonchev–Trinajstić information content (AvgIpc) is 2.49. The van der Waals surface area contributed by atoms with Crippen LogP contribution >= 0.6 is 0 Å². The molecule has 0 heterocycles. The Morgan fingerprint density at radius 1 is 0.526 bits per heavy atom. The highest BCUT2D eigenvalue weighted by Crippen LogP contribution is 2.24. The van der Waals surface area contributed by atoms with Crippen LogP contribution in [-0.4, -0.2) is 7.85 Å². The maximum atomic E-state index is 6.10. The lowest BCUT2D eigenvalue weighted by atomic mass is 9.85. The Bertz CT molecular complexity index is 673. The second kappa shape index (κ2) is 5.15. The van der Waals surface area contributed by atoms with E-state index in [4.69, 9.17) is 7.85 Å². The van der Waals surface area contributed by atoms with Gasteiger partial charge in [-0.1, -0.05) is 78.3 Å². The van der Waals surface area contributed by atoms with Crippen molar-refractivity contribution in [2.24, 2.45) is 0 Å². The highest BCUT2D eigenvalue weighted by atomic mass is 14.1. The first kappa shape index (κ1) is 11.8. The number of hydrogen-bond donors (Lipinski definition) is 0. The van der Waals surface area contributed by atoms with Crippen molar-refractivity contribution in [3.8, 4) is 22.3 Å². The molecule has 0 bridgehead atoms. The average molecular weight is 240 g/mol. The van der Waals surface area contributed by atoms with Crippen molar-refractivity contribution in [3.05, 3.63) is 78.9 Å². The fourth-order valence-electron chi connectivity index (χ4n) is 2.23. The van der Waals surface area contributed by atoms with Crippen molar-refractivity contribution in [1.82, 2.24) is 0 Å². The van der Waals surface area contributed by atoms with Crippen LogP contribution in [0.15, 0.2) is 78.9 Å². The maximum absolute atomic E-state index is 6.10. The van der Waals surface area contributed by atoms with Crippen LogP contribution in [0.25, 0.3) is 22.3 Å². The van der Waals surface area contributed by atoms with Crippen molar-refractivity contribution in [3.63, 3.8) is 0 Å². The summed E-state index contributed by atoms with van der Waals surface area (Å²) in [6, 6.07) is 26.8. The van der Waals surface area contributed by atoms with Gasteiger partial charge in [0.15, 0.2) is 0 Å². The van der Waals surface area contributed by atoms with Crippen LogP contribution in [0.2, 0.25) is 0 Å². The van der Waals surface area contributed by atoms with Crippen LogP contribution in [0.1, 0.15) is 0 Å². The molecule has 0 fully saturated rings. The molecule has 0 aromatic heterocycles. The van der Waals surface area contributed by atoms with E-state index < -0.39 is 0 Å². The SMILES string of the molecule is [B]c1ccc(-c2ccccc2)cc1-c1ccccc1. The number of rotatable bonds is 2. The van der Waals surface area contributed by atoms with E-state index in [2.05, 4.69) is 36.4 Å². The highest BCUT2D eigenvalue weighted by molar-refractivity contribution is 6.36. The molecule has 0 saturated carbocycles. The lowest BCUT2D eigenvalue weighted by Crippen LogP contribution is -2.06. The molecule has 0 aliphatic heterocycles. The molecule has 19 heavy (non-hydrogen) atoms. The van der Waals surface area contributed by atoms with E-state index in [-0.39, 0.29) is 0 Å². The van der Waals surface area contributed by atoms with Gasteiger partial charge in [0.1, 0.15) is 7.85 Å². The third kappa shape index (κ3) is 2.46. The maximum Gasteiger partial charge on any atom is 0.114 e. The third-order valence-corrected chi connectivity index (χ3v) is 3.25. The molecule has 0 nitrogen and oxygen atoms in total. The van der Waals surface area contributed by atoms with Gasteiger partial charge in [-0.15, -0.1) is 0 Å². The van der Waals surface area contributed by atoms with Crippen molar-refractivity contribution in [2.75, 3.05) is 0 Å². The van der Waals surface area contributed by atoms with Gasteiger partial charge in [-0.25, -0.2) is 0 Å². The molecule has 0 saturated heterocycles. The summed E-state index contributed by atoms with van der Waals surface area (Å²) >= 11 is 0. The molecule has 2 radical (unpaired) electrons. The molecule has 1 heteroatoms. The minimum atomic E-state index is 0.811. The lowest BCUT2D eigenvalue weighted by Gasteiger charge is -2.10. The zero-order valence-electron chi connectivity index (χ0n) is 10.6. The first-order chi connectivity index (χ1) is 9.34. The fourth-order valence-corrected chi connectivity index (χ4v) is 2.23. The lowest BCUT2D eigenvalue weighted by molar-refractivity contribution is 1.61. The second-order valence-corrected chi connectivity index (χ2v) is 4.53. The van der Waals surface area contributed by atoms with E-state index in [0.29, 0.717) is 0 Å². The molecule has 0 N–H and O–H groups in total. The molecule has 0 unspecified atom stereocenters. The van der Waals surface area contributed by atoms with E-state index in [1.165, 1.54) is 11.1 Å². The Hall–Kier alpha value is -2.28. The molecule has 0 aliphatic rings. The summed E-state index contributed by atoms with van der Waals surface area (Å²) in [6.07, 6.45) is 0. The van der Waals surface area contributed by atoms with E-state index in [1.807, 2.05) is 42.5 Å². The topological polar surface area (TPSA) is 0 Å². The van der Waals surface area contributed by atoms with Crippen LogP contribution in [-0.2, 0) is 0 Å². The van der Waals surface area contributed by atoms with Gasteiger partial charge in [0.25, 0.3) is 0 Å². The Morgan fingerprint density at radius 2 is 1.11 bits per heavy atom. The first-order valence-electron chi connectivity index (χ1n) is 6.35. The van der Waals surface area contributed by atoms with Crippen molar-refractivity contribution in [2.45, 2.75) is 0 Å². The summed E-state index contributed by atoms with van der Waals surface area (Å²) in [5.74, 6) is 0. The molecular weight excluding hydrogens is 227 g/mol. The minimum absolute atomic E-state index is 0.811. The first-order valence-corrected chi connectivity index (χ1v) is 6.35. The van der Waals surface area contributed by atoms with Crippen LogP contribution in [0, 0.1) is 0 Å². The van der Waals surface area contributed by atoms with Gasteiger partial charge < -0.3 is 0 Å². The molecule has 3 aromatic rings. The van der Waals surface area contributed by atoms with Gasteiger partial charge in [-0.3, -0.25) is 0 Å². The summed E-state index contributed by atoms with van der Waals surface area (Å²) in [5, 5.41) is 0. The van der Waals surface area contributed by atoms with Crippen LogP contribution in [0.5, 0.6) is 0 Å². The summed E-state index contributed by atoms with van der Waals surface area (Å²) in [5.41, 5.74) is 5.44. The quantitative estimate of drug-likeness (QED) is 0.597. The summed E-state index contributed by atoms with van der Waals surface area (Å²) in [7, 11) is 6.10. The van der Waals surface area contributed by atoms with E-state index in [0.717, 1.165) is 16.6 Å². The largest absolute Gasteiger partial charge is 0.114 e. The monoisotopic (exact) mass is 240 g/mol. The third-order valence-electron chi connectivity index (χ3n) is 3.25. The van der Waals surface area contributed by atoms with Crippen molar-refractivity contribution in [1.29, 1.82) is 0 Å². The normalized spacial score (nSPS) is 10.3. The minimum Gasteiger partial charge on any atom is -0.0889 e. The van der Waals surface area contributed by atoms with Gasteiger partial charge >= 0.3 is 0 Å². The Morgan fingerprint density at radius 3 is 1.74 bits per heavy atom. The smallest absolute Gasteiger partial charge is 0.0889 e. The highest BCUT2D eigenvalue weighted by Gasteiger charge is 2.03. The predicted molar refractivity (Wildman–Crippen MR) is 82.7 cm³/mol. The predicted octanol–water partition coefficient (Wildman–Crippen LogP) is 3.81. The van der Waals surface area contributed by atoms with Gasteiger partial charge in [0.2, 0.25) is 0 Å². The van der Waals surface area contributed by atoms with Crippen molar-refractivity contribution >= 4 is 13.3 Å². The number of hydrogen-bond acceptors (Lipinski definition) is 0. The molecule has 0 atom stereocenters. The Labute approximate surface area is 115 Å². The van der Waals surface area contributed by atoms with Crippen LogP contribution < -0.4 is 5.46 Å². The number of benzene rings is 3. The molecule has 0 aliphatic carbocycles. The zero-order valence-corrected chi connectivity index (χ0v) is 10.6. The summed E-state index contributed by atoms with van der Waals surface area (Å²) in [6.45, 7) is 0. The molecule has 88 valence electrons. The summed E-state index contributed by atoms with van der Waals surface area (Å²) in [4.78, 5) is 0. The summed E-state index contributed by atoms with van der Waals surface area (Å²) < 4.78 is 0. The van der Waals surface area contributed by atoms with Gasteiger partial charge in [0, 0.05) is 0 Å². The second-order valence-electron chi connectivity index (χ2n) is 4.53. The van der Waals surface area contributed by atoms with E-state index in [9.17, 15) is 0 Å². The Balaban J connectivity index is 2.12. The van der Waals surface area contributed by atoms with Crippen molar-refractivity contribution < 1.29 is 0 Å². The van der Waals surface area contributed by atoms with E-state index in [1.54, 1.807) is 0 Å². The molecular formula is C18H13B. The van der Waals surface area contributed by atoms with Crippen LogP contribution in [0.3, 0.4) is 0 Å². The van der Waals surface area contributed by atoms with Gasteiger partial charge in [-0.05, 0) is 28.3 Å². The van der Waals surface area contributed by atoms with Gasteiger partial charge in [0.05, 0.1) is 0 Å². The molecule has 0 spiro atoms. The van der Waals surface area contributed by atoms with Crippen LogP contribution in [0.4, 0.5) is 0 Å². The zero-order chi connectivity index (χ0) is 13.1. The Kier molecular flexibility index (Phi) is 3.20. The molecule has 3 rings (SSSR count). The fraction of sp³-hybridized carbons (Fsp3) is 0.